The molecule has 3 rings (SSSR count). The summed E-state index contributed by atoms with van der Waals surface area (Å²) in [6.07, 6.45) is 1.94. The van der Waals surface area contributed by atoms with Gasteiger partial charge in [0, 0.05) is 24.8 Å². The quantitative estimate of drug-likeness (QED) is 0.704. The molecule has 2 aromatic carbocycles. The minimum atomic E-state index is -3.52. The second kappa shape index (κ2) is 9.81. The van der Waals surface area contributed by atoms with Crippen molar-refractivity contribution in [1.29, 1.82) is 5.26 Å². The summed E-state index contributed by atoms with van der Waals surface area (Å²) < 4.78 is 37.8. The monoisotopic (exact) mass is 443 g/mol. The van der Waals surface area contributed by atoms with E-state index in [-0.39, 0.29) is 4.90 Å². The van der Waals surface area contributed by atoms with Crippen LogP contribution in [0.3, 0.4) is 0 Å². The van der Waals surface area contributed by atoms with Crippen LogP contribution in [0.5, 0.6) is 11.5 Å². The Morgan fingerprint density at radius 1 is 1.10 bits per heavy atom. The number of nitrogens with one attached hydrogen (secondary N) is 1. The molecule has 1 heterocycles. The van der Waals surface area contributed by atoms with Gasteiger partial charge in [0.05, 0.1) is 23.6 Å². The maximum Gasteiger partial charge on any atom is 0.265 e. The van der Waals surface area contributed by atoms with Gasteiger partial charge in [-0.1, -0.05) is 6.42 Å². The van der Waals surface area contributed by atoms with Crippen LogP contribution < -0.4 is 14.8 Å². The Hall–Kier alpha value is -3.09. The summed E-state index contributed by atoms with van der Waals surface area (Å²) >= 11 is 0. The second-order valence-electron chi connectivity index (χ2n) is 7.22. The molecule has 8 nitrogen and oxygen atoms in total. The van der Waals surface area contributed by atoms with E-state index in [9.17, 15) is 13.2 Å². The van der Waals surface area contributed by atoms with Crippen LogP contribution in [0.2, 0.25) is 0 Å². The van der Waals surface area contributed by atoms with Crippen molar-refractivity contribution in [3.05, 3.63) is 48.0 Å². The van der Waals surface area contributed by atoms with Crippen molar-refractivity contribution in [2.45, 2.75) is 37.2 Å². The topological polar surface area (TPSA) is 109 Å². The van der Waals surface area contributed by atoms with Crippen molar-refractivity contribution < 1.29 is 22.7 Å². The largest absolute Gasteiger partial charge is 0.493 e. The summed E-state index contributed by atoms with van der Waals surface area (Å²) in [5.41, 5.74) is 0.880. The number of amides is 1. The summed E-state index contributed by atoms with van der Waals surface area (Å²) in [4.78, 5) is 12.7. The lowest BCUT2D eigenvalue weighted by Gasteiger charge is -2.25. The van der Waals surface area contributed by atoms with E-state index in [0.717, 1.165) is 19.3 Å². The summed E-state index contributed by atoms with van der Waals surface area (Å²) in [6.45, 7) is 2.66. The third-order valence-electron chi connectivity index (χ3n) is 5.04. The van der Waals surface area contributed by atoms with Crippen molar-refractivity contribution in [3.63, 3.8) is 0 Å². The minimum absolute atomic E-state index is 0.207. The Balaban J connectivity index is 1.65. The maximum absolute atomic E-state index is 12.7. The van der Waals surface area contributed by atoms with E-state index in [1.54, 1.807) is 31.2 Å². The predicted octanol–water partition coefficient (Wildman–Crippen LogP) is 3.15. The van der Waals surface area contributed by atoms with Crippen LogP contribution in [-0.4, -0.2) is 44.9 Å². The Labute approximate surface area is 182 Å². The lowest BCUT2D eigenvalue weighted by Crippen LogP contribution is -2.35. The van der Waals surface area contributed by atoms with E-state index in [4.69, 9.17) is 14.7 Å². The van der Waals surface area contributed by atoms with Crippen molar-refractivity contribution in [3.8, 4) is 17.6 Å². The number of ether oxygens (including phenoxy) is 2. The number of rotatable bonds is 7. The molecular formula is C22H25N3O5S. The van der Waals surface area contributed by atoms with Crippen molar-refractivity contribution in [1.82, 2.24) is 4.31 Å². The highest BCUT2D eigenvalue weighted by Gasteiger charge is 2.26. The highest BCUT2D eigenvalue weighted by molar-refractivity contribution is 7.89. The van der Waals surface area contributed by atoms with Gasteiger partial charge in [-0.3, -0.25) is 4.79 Å². The van der Waals surface area contributed by atoms with Gasteiger partial charge in [-0.15, -0.1) is 0 Å². The number of piperidine rings is 1. The fourth-order valence-electron chi connectivity index (χ4n) is 3.29. The zero-order valence-electron chi connectivity index (χ0n) is 17.5. The number of anilines is 1. The number of nitrogens with zero attached hydrogens (tertiary/aromatic N) is 2. The number of hydrogen-bond donors (Lipinski definition) is 1. The van der Waals surface area contributed by atoms with Crippen LogP contribution in [0.25, 0.3) is 0 Å². The first-order chi connectivity index (χ1) is 14.8. The summed E-state index contributed by atoms with van der Waals surface area (Å²) in [6, 6.07) is 12.8. The van der Waals surface area contributed by atoms with Gasteiger partial charge in [0.2, 0.25) is 10.0 Å². The standard InChI is InChI=1S/C22H25N3O5S/c1-16(30-20-11-6-17(15-23)14-21(20)29-2)22(26)24-18-7-9-19(10-8-18)31(27,28)25-12-4-3-5-13-25/h6-11,14,16H,3-5,12-13H2,1-2H3,(H,24,26). The fraction of sp³-hybridized carbons (Fsp3) is 0.364. The average molecular weight is 444 g/mol. The normalized spacial score (nSPS) is 15.5. The Kier molecular flexibility index (Phi) is 7.15. The molecule has 1 atom stereocenters. The van der Waals surface area contributed by atoms with Gasteiger partial charge in [-0.2, -0.15) is 9.57 Å². The molecule has 1 N–H and O–H groups in total. The van der Waals surface area contributed by atoms with Crippen LogP contribution in [0.4, 0.5) is 5.69 Å². The minimum Gasteiger partial charge on any atom is -0.493 e. The number of sulfonamides is 1. The predicted molar refractivity (Wildman–Crippen MR) is 115 cm³/mol. The van der Waals surface area contributed by atoms with Gasteiger partial charge >= 0.3 is 0 Å². The molecule has 9 heteroatoms. The molecule has 0 aliphatic carbocycles. The van der Waals surface area contributed by atoms with Gasteiger partial charge in [0.25, 0.3) is 5.91 Å². The third kappa shape index (κ3) is 5.34. The Bertz CT molecular complexity index is 1070. The molecule has 164 valence electrons. The van der Waals surface area contributed by atoms with Crippen LogP contribution in [0.15, 0.2) is 47.4 Å². The van der Waals surface area contributed by atoms with Gasteiger partial charge in [0.15, 0.2) is 17.6 Å². The first-order valence-electron chi connectivity index (χ1n) is 10.0. The highest BCUT2D eigenvalue weighted by atomic mass is 32.2. The zero-order valence-corrected chi connectivity index (χ0v) is 18.3. The zero-order chi connectivity index (χ0) is 22.4. The van der Waals surface area contributed by atoms with Crippen molar-refractivity contribution in [2.24, 2.45) is 0 Å². The number of hydrogen-bond acceptors (Lipinski definition) is 6. The summed E-state index contributed by atoms with van der Waals surface area (Å²) in [7, 11) is -2.07. The molecule has 1 aliphatic rings. The molecule has 31 heavy (non-hydrogen) atoms. The van der Waals surface area contributed by atoms with E-state index < -0.39 is 22.0 Å². The molecule has 0 bridgehead atoms. The third-order valence-corrected chi connectivity index (χ3v) is 6.95. The second-order valence-corrected chi connectivity index (χ2v) is 9.15. The molecule has 1 saturated heterocycles. The van der Waals surface area contributed by atoms with Crippen LogP contribution in [-0.2, 0) is 14.8 Å². The molecule has 0 saturated carbocycles. The van der Waals surface area contributed by atoms with Crippen molar-refractivity contribution in [2.75, 3.05) is 25.5 Å². The van der Waals surface area contributed by atoms with E-state index in [1.165, 1.54) is 29.6 Å². The van der Waals surface area contributed by atoms with Crippen LogP contribution in [0, 0.1) is 11.3 Å². The molecule has 2 aromatic rings. The van der Waals surface area contributed by atoms with Crippen LogP contribution in [0.1, 0.15) is 31.7 Å². The molecule has 0 radical (unpaired) electrons. The first kappa shape index (κ1) is 22.6. The van der Waals surface area contributed by atoms with Crippen LogP contribution >= 0.6 is 0 Å². The SMILES string of the molecule is COc1cc(C#N)ccc1OC(C)C(=O)Nc1ccc(S(=O)(=O)N2CCCCC2)cc1. The Morgan fingerprint density at radius 2 is 1.77 bits per heavy atom. The molecular weight excluding hydrogens is 418 g/mol. The summed E-state index contributed by atoms with van der Waals surface area (Å²) in [5, 5.41) is 11.7. The molecule has 1 aliphatic heterocycles. The fourth-order valence-corrected chi connectivity index (χ4v) is 4.80. The first-order valence-corrected chi connectivity index (χ1v) is 11.4. The van der Waals surface area contributed by atoms with E-state index >= 15 is 0 Å². The number of nitriles is 1. The van der Waals surface area contributed by atoms with E-state index in [0.29, 0.717) is 35.8 Å². The highest BCUT2D eigenvalue weighted by Crippen LogP contribution is 2.29. The number of carbonyl (C=O) groups is 1. The number of carbonyl (C=O) groups excluding carboxylic acids is 1. The van der Waals surface area contributed by atoms with E-state index in [2.05, 4.69) is 5.32 Å². The van der Waals surface area contributed by atoms with Gasteiger partial charge in [0.1, 0.15) is 0 Å². The molecule has 1 fully saturated rings. The lowest BCUT2D eigenvalue weighted by molar-refractivity contribution is -0.122. The molecule has 0 spiro atoms. The average Bonchev–Trinajstić information content (AvgIpc) is 2.80. The molecule has 1 unspecified atom stereocenters. The van der Waals surface area contributed by atoms with Crippen molar-refractivity contribution >= 4 is 21.6 Å². The lowest BCUT2D eigenvalue weighted by atomic mass is 10.2. The van der Waals surface area contributed by atoms with Gasteiger partial charge in [-0.25, -0.2) is 8.42 Å². The maximum atomic E-state index is 12.7. The van der Waals surface area contributed by atoms with Gasteiger partial charge < -0.3 is 14.8 Å². The number of methoxy groups -OCH3 is 1. The van der Waals surface area contributed by atoms with Gasteiger partial charge in [-0.05, 0) is 56.2 Å². The molecule has 1 amide bonds. The smallest absolute Gasteiger partial charge is 0.265 e. The van der Waals surface area contributed by atoms with E-state index in [1.807, 2.05) is 6.07 Å². The Morgan fingerprint density at radius 3 is 2.39 bits per heavy atom. The molecule has 0 aromatic heterocycles. The summed E-state index contributed by atoms with van der Waals surface area (Å²) in [5.74, 6) is 0.288. The number of benzene rings is 2.